The largest absolute Gasteiger partial charge is 0.264 e. The molecule has 104 heavy (non-hydrogen) atoms. The van der Waals surface area contributed by atoms with Gasteiger partial charge in [0.2, 0.25) is 0 Å². The molecular weight excluding hydrogens is 1270 g/mol. The number of pyridine rings is 2. The molecule has 6 aromatic heterocycles. The first kappa shape index (κ1) is 63.1. The minimum absolute atomic E-state index is 0.624. The van der Waals surface area contributed by atoms with Crippen molar-refractivity contribution in [3.05, 3.63) is 365 Å². The van der Waals surface area contributed by atoms with E-state index in [1.807, 2.05) is 207 Å². The van der Waals surface area contributed by atoms with Crippen LogP contribution in [0, 0.1) is 0 Å². The summed E-state index contributed by atoms with van der Waals surface area (Å²) in [5.74, 6) is 5.15. The van der Waals surface area contributed by atoms with E-state index in [0.717, 1.165) is 133 Å². The van der Waals surface area contributed by atoms with E-state index >= 15 is 0 Å². The molecule has 12 aromatic carbocycles. The molecule has 0 unspecified atom stereocenters. The van der Waals surface area contributed by atoms with E-state index in [9.17, 15) is 0 Å². The van der Waals surface area contributed by atoms with E-state index in [1.165, 1.54) is 0 Å². The van der Waals surface area contributed by atoms with Crippen molar-refractivity contribution in [3.8, 4) is 158 Å². The third kappa shape index (κ3) is 13.9. The van der Waals surface area contributed by atoms with Gasteiger partial charge in [0.1, 0.15) is 0 Å². The van der Waals surface area contributed by atoms with Crippen molar-refractivity contribution in [1.29, 1.82) is 0 Å². The maximum atomic E-state index is 5.11. The summed E-state index contributed by atoms with van der Waals surface area (Å²) in [5.41, 5.74) is 19.3. The Morgan fingerprint density at radius 1 is 0.135 bits per heavy atom. The molecule has 0 saturated heterocycles. The van der Waals surface area contributed by atoms with Gasteiger partial charge in [0.25, 0.3) is 0 Å². The van der Waals surface area contributed by atoms with Gasteiger partial charge in [-0.2, -0.15) is 0 Å². The van der Waals surface area contributed by atoms with Crippen molar-refractivity contribution in [2.75, 3.05) is 0 Å². The first-order valence-electron chi connectivity index (χ1n) is 34.2. The standard InChI is InChI=1S/2C46H30N6/c1-4-11-33(12-5-1)41-29-42(49-46(48-41)39-24-21-32-25-26-47-30-40(32)28-39)38-18-10-17-37(27-38)31-19-22-36(23-20-31)45-51-43(34-13-6-2-7-14-34)50-44(52-45)35-15-8-3-9-16-35;1-4-11-32(12-5-1)43-48-41(29-42(49-43)39-23-24-40-30-47-26-25-37(40)28-39)38-18-10-17-36(27-38)31-19-21-35(22-20-31)46-51-44(33-13-6-2-7-14-33)50-45(52-46)34-15-8-3-9-16-34/h2*1-30H. The highest BCUT2D eigenvalue weighted by Gasteiger charge is 2.18. The van der Waals surface area contributed by atoms with Crippen LogP contribution in [0.1, 0.15) is 0 Å². The normalized spacial score (nSPS) is 11.1. The van der Waals surface area contributed by atoms with Crippen LogP contribution in [0.5, 0.6) is 0 Å². The van der Waals surface area contributed by atoms with E-state index in [0.29, 0.717) is 46.6 Å². The average Bonchev–Trinajstić information content (AvgIpc) is 0.807. The number of aromatic nitrogens is 12. The van der Waals surface area contributed by atoms with E-state index in [1.54, 1.807) is 0 Å². The molecule has 0 radical (unpaired) electrons. The lowest BCUT2D eigenvalue weighted by Crippen LogP contribution is -2.00. The molecule has 12 nitrogen and oxygen atoms in total. The lowest BCUT2D eigenvalue weighted by Gasteiger charge is -2.11. The first-order chi connectivity index (χ1) is 51.5. The molecule has 6 heterocycles. The number of benzene rings is 12. The molecule has 0 amide bonds. The van der Waals surface area contributed by atoms with Gasteiger partial charge in [-0.1, -0.05) is 291 Å². The third-order valence-corrected chi connectivity index (χ3v) is 18.1. The second kappa shape index (κ2) is 28.8. The average molecular weight is 1330 g/mol. The van der Waals surface area contributed by atoms with Crippen molar-refractivity contribution in [1.82, 2.24) is 59.8 Å². The molecule has 488 valence electrons. The van der Waals surface area contributed by atoms with Crippen LogP contribution in [0.2, 0.25) is 0 Å². The van der Waals surface area contributed by atoms with Crippen LogP contribution < -0.4 is 0 Å². The van der Waals surface area contributed by atoms with E-state index in [2.05, 4.69) is 168 Å². The molecule has 0 saturated carbocycles. The van der Waals surface area contributed by atoms with Gasteiger partial charge in [0.05, 0.1) is 22.8 Å². The summed E-state index contributed by atoms with van der Waals surface area (Å²) in [4.78, 5) is 58.1. The van der Waals surface area contributed by atoms with Crippen LogP contribution in [-0.2, 0) is 0 Å². The Morgan fingerprint density at radius 2 is 0.394 bits per heavy atom. The Labute approximate surface area is 600 Å². The second-order valence-electron chi connectivity index (χ2n) is 24.9. The fraction of sp³-hybridized carbons (Fsp3) is 0. The fourth-order valence-electron chi connectivity index (χ4n) is 12.6. The zero-order valence-electron chi connectivity index (χ0n) is 56.0. The summed E-state index contributed by atoms with van der Waals surface area (Å²) < 4.78 is 0. The summed E-state index contributed by atoms with van der Waals surface area (Å²) in [6.07, 6.45) is 7.38. The van der Waals surface area contributed by atoms with Crippen LogP contribution in [0.3, 0.4) is 0 Å². The monoisotopic (exact) mass is 1330 g/mol. The number of hydrogen-bond donors (Lipinski definition) is 0. The Morgan fingerprint density at radius 3 is 0.798 bits per heavy atom. The highest BCUT2D eigenvalue weighted by atomic mass is 15.0. The highest BCUT2D eigenvalue weighted by molar-refractivity contribution is 5.89. The summed E-state index contributed by atoms with van der Waals surface area (Å²) >= 11 is 0. The number of hydrogen-bond acceptors (Lipinski definition) is 12. The number of rotatable bonds is 14. The first-order valence-corrected chi connectivity index (χ1v) is 34.2. The van der Waals surface area contributed by atoms with E-state index < -0.39 is 0 Å². The van der Waals surface area contributed by atoms with Gasteiger partial charge in [0.15, 0.2) is 46.6 Å². The van der Waals surface area contributed by atoms with Gasteiger partial charge in [-0.15, -0.1) is 0 Å². The molecule has 0 aliphatic rings. The predicted octanol–water partition coefficient (Wildman–Crippen LogP) is 21.8. The van der Waals surface area contributed by atoms with Crippen molar-refractivity contribution in [2.24, 2.45) is 0 Å². The van der Waals surface area contributed by atoms with Crippen molar-refractivity contribution >= 4 is 21.5 Å². The number of fused-ring (bicyclic) bond motifs is 2. The molecular formula is C92H60N12. The molecule has 0 atom stereocenters. The summed E-state index contributed by atoms with van der Waals surface area (Å²) in [6, 6.07) is 115. The summed E-state index contributed by atoms with van der Waals surface area (Å²) in [5, 5.41) is 4.38. The Kier molecular flexibility index (Phi) is 17.5. The van der Waals surface area contributed by atoms with Crippen LogP contribution in [0.25, 0.3) is 180 Å². The molecule has 0 N–H and O–H groups in total. The van der Waals surface area contributed by atoms with Crippen LogP contribution in [0.4, 0.5) is 0 Å². The van der Waals surface area contributed by atoms with Crippen LogP contribution in [0.15, 0.2) is 365 Å². The number of nitrogens with zero attached hydrogens (tertiary/aromatic N) is 12. The van der Waals surface area contributed by atoms with Crippen molar-refractivity contribution in [2.45, 2.75) is 0 Å². The molecule has 12 heteroatoms. The van der Waals surface area contributed by atoms with E-state index in [4.69, 9.17) is 49.8 Å². The molecule has 0 aliphatic carbocycles. The molecule has 0 spiro atoms. The topological polar surface area (TPSA) is 155 Å². The maximum Gasteiger partial charge on any atom is 0.164 e. The minimum Gasteiger partial charge on any atom is -0.264 e. The molecule has 0 bridgehead atoms. The van der Waals surface area contributed by atoms with Gasteiger partial charge < -0.3 is 0 Å². The SMILES string of the molecule is c1ccc(-c2cc(-c3cccc(-c4ccc(-c5nc(-c6ccccc6)nc(-c6ccccc6)n5)cc4)c3)nc(-c3ccc4ccncc4c3)n2)cc1.c1ccc(-c2nc(-c3cccc(-c4ccc(-c5nc(-c6ccccc6)nc(-c6ccccc6)n5)cc4)c3)cc(-c3ccc4cnccc4c3)n2)cc1. The van der Waals surface area contributed by atoms with Crippen LogP contribution >= 0.6 is 0 Å². The quantitative estimate of drug-likeness (QED) is 0.102. The summed E-state index contributed by atoms with van der Waals surface area (Å²) in [7, 11) is 0. The molecule has 18 aromatic rings. The zero-order chi connectivity index (χ0) is 69.4. The third-order valence-electron chi connectivity index (χ3n) is 18.1. The maximum absolute atomic E-state index is 5.11. The lowest BCUT2D eigenvalue weighted by molar-refractivity contribution is 1.07. The highest BCUT2D eigenvalue weighted by Crippen LogP contribution is 2.36. The van der Waals surface area contributed by atoms with Gasteiger partial charge in [-0.05, 0) is 81.6 Å². The second-order valence-corrected chi connectivity index (χ2v) is 24.9. The Bertz CT molecular complexity index is 5580. The van der Waals surface area contributed by atoms with Gasteiger partial charge in [-0.3, -0.25) is 9.97 Å². The Balaban J connectivity index is 0.000000154. The van der Waals surface area contributed by atoms with Crippen molar-refractivity contribution < 1.29 is 0 Å². The van der Waals surface area contributed by atoms with Gasteiger partial charge >= 0.3 is 0 Å². The Hall–Kier alpha value is -14.4. The summed E-state index contributed by atoms with van der Waals surface area (Å²) in [6.45, 7) is 0. The predicted molar refractivity (Wildman–Crippen MR) is 418 cm³/mol. The zero-order valence-corrected chi connectivity index (χ0v) is 56.0. The van der Waals surface area contributed by atoms with Gasteiger partial charge in [0, 0.05) is 102 Å². The molecule has 0 aliphatic heterocycles. The molecule has 0 fully saturated rings. The fourth-order valence-corrected chi connectivity index (χ4v) is 12.6. The minimum atomic E-state index is 0.624. The molecule has 18 rings (SSSR count). The lowest BCUT2D eigenvalue weighted by atomic mass is 9.99. The van der Waals surface area contributed by atoms with Crippen LogP contribution in [-0.4, -0.2) is 59.8 Å². The smallest absolute Gasteiger partial charge is 0.164 e. The van der Waals surface area contributed by atoms with Gasteiger partial charge in [-0.25, -0.2) is 49.8 Å². The van der Waals surface area contributed by atoms with E-state index in [-0.39, 0.29) is 0 Å². The van der Waals surface area contributed by atoms with Crippen molar-refractivity contribution in [3.63, 3.8) is 0 Å².